The third-order valence-electron chi connectivity index (χ3n) is 5.12. The fourth-order valence-corrected chi connectivity index (χ4v) is 5.21. The molecule has 2 N–H and O–H groups in total. The van der Waals surface area contributed by atoms with Crippen molar-refractivity contribution in [2.75, 3.05) is 13.1 Å². The van der Waals surface area contributed by atoms with Crippen LogP contribution in [0.1, 0.15) is 19.3 Å². The number of ether oxygens (including phenoxy) is 1. The van der Waals surface area contributed by atoms with Gasteiger partial charge in [-0.25, -0.2) is 13.1 Å². The van der Waals surface area contributed by atoms with E-state index in [0.717, 1.165) is 32.4 Å². The molecule has 4 rings (SSSR count). The highest BCUT2D eigenvalue weighted by molar-refractivity contribution is 7.89. The zero-order valence-electron chi connectivity index (χ0n) is 14.2. The lowest BCUT2D eigenvalue weighted by Gasteiger charge is -2.18. The average molecular weight is 393 g/mol. The number of benzene rings is 2. The minimum absolute atomic E-state index is 0.262. The first-order valence-corrected chi connectivity index (χ1v) is 10.6. The molecule has 1 heterocycles. The van der Waals surface area contributed by atoms with Crippen molar-refractivity contribution in [3.63, 3.8) is 0 Å². The molecule has 1 aliphatic carbocycles. The Hall–Kier alpha value is -1.60. The van der Waals surface area contributed by atoms with Gasteiger partial charge in [-0.1, -0.05) is 11.6 Å². The van der Waals surface area contributed by atoms with Crippen molar-refractivity contribution in [3.8, 4) is 11.5 Å². The van der Waals surface area contributed by atoms with Gasteiger partial charge in [0.25, 0.3) is 0 Å². The molecule has 7 heteroatoms. The van der Waals surface area contributed by atoms with Crippen LogP contribution in [0, 0.1) is 5.92 Å². The predicted molar refractivity (Wildman–Crippen MR) is 101 cm³/mol. The molecule has 5 nitrogen and oxygen atoms in total. The molecule has 2 fully saturated rings. The van der Waals surface area contributed by atoms with Crippen LogP contribution < -0.4 is 14.8 Å². The molecule has 1 saturated heterocycles. The van der Waals surface area contributed by atoms with Crippen molar-refractivity contribution in [2.24, 2.45) is 5.92 Å². The fourth-order valence-electron chi connectivity index (χ4n) is 3.59. The summed E-state index contributed by atoms with van der Waals surface area (Å²) >= 11 is 5.86. The number of rotatable bonds is 5. The summed E-state index contributed by atoms with van der Waals surface area (Å²) in [6, 6.07) is 13.5. The van der Waals surface area contributed by atoms with E-state index < -0.39 is 10.0 Å². The summed E-state index contributed by atoms with van der Waals surface area (Å²) in [6.45, 7) is 1.84. The Morgan fingerprint density at radius 1 is 1.08 bits per heavy atom. The Bertz CT molecular complexity index is 884. The van der Waals surface area contributed by atoms with E-state index in [1.165, 1.54) is 0 Å². The van der Waals surface area contributed by atoms with Crippen LogP contribution >= 0.6 is 11.6 Å². The lowest BCUT2D eigenvalue weighted by atomic mass is 10.1. The highest BCUT2D eigenvalue weighted by Crippen LogP contribution is 2.48. The first-order chi connectivity index (χ1) is 12.5. The number of sulfonamides is 1. The van der Waals surface area contributed by atoms with E-state index in [1.54, 1.807) is 48.5 Å². The maximum Gasteiger partial charge on any atom is 0.241 e. The van der Waals surface area contributed by atoms with Crippen molar-refractivity contribution in [2.45, 2.75) is 29.7 Å². The largest absolute Gasteiger partial charge is 0.457 e. The van der Waals surface area contributed by atoms with Crippen molar-refractivity contribution in [1.82, 2.24) is 10.0 Å². The summed E-state index contributed by atoms with van der Waals surface area (Å²) < 4.78 is 34.2. The number of halogens is 1. The normalized spacial score (nSPS) is 25.2. The van der Waals surface area contributed by atoms with E-state index in [9.17, 15) is 8.42 Å². The quantitative estimate of drug-likeness (QED) is 0.816. The maximum absolute atomic E-state index is 12.8. The van der Waals surface area contributed by atoms with Crippen LogP contribution in [0.5, 0.6) is 11.5 Å². The second-order valence-electron chi connectivity index (χ2n) is 7.00. The topological polar surface area (TPSA) is 67.4 Å². The van der Waals surface area contributed by atoms with Crippen LogP contribution in [-0.2, 0) is 10.0 Å². The van der Waals surface area contributed by atoms with Gasteiger partial charge < -0.3 is 10.1 Å². The van der Waals surface area contributed by atoms with Gasteiger partial charge in [-0.05, 0) is 86.8 Å². The predicted octanol–water partition coefficient (Wildman–Crippen LogP) is 3.55. The molecule has 0 bridgehead atoms. The third kappa shape index (κ3) is 3.74. The third-order valence-corrected chi connectivity index (χ3v) is 6.94. The second kappa shape index (κ2) is 6.85. The summed E-state index contributed by atoms with van der Waals surface area (Å²) in [5, 5.41) is 4.00. The summed E-state index contributed by atoms with van der Waals surface area (Å²) in [7, 11) is -3.54. The van der Waals surface area contributed by atoms with Gasteiger partial charge >= 0.3 is 0 Å². The zero-order chi connectivity index (χ0) is 18.2. The molecule has 0 amide bonds. The van der Waals surface area contributed by atoms with Gasteiger partial charge in [0.15, 0.2) is 0 Å². The van der Waals surface area contributed by atoms with E-state index >= 15 is 0 Å². The van der Waals surface area contributed by atoms with Crippen molar-refractivity contribution in [3.05, 3.63) is 53.6 Å². The Labute approximate surface area is 158 Å². The number of fused-ring (bicyclic) bond motifs is 1. The average Bonchev–Trinajstić information content (AvgIpc) is 3.31. The summed E-state index contributed by atoms with van der Waals surface area (Å²) in [5.74, 6) is 1.62. The highest BCUT2D eigenvalue weighted by atomic mass is 35.5. The van der Waals surface area contributed by atoms with E-state index in [2.05, 4.69) is 10.0 Å². The molecule has 0 spiro atoms. The van der Waals surface area contributed by atoms with Crippen molar-refractivity contribution < 1.29 is 13.2 Å². The van der Waals surface area contributed by atoms with E-state index in [-0.39, 0.29) is 10.4 Å². The number of hydrogen-bond donors (Lipinski definition) is 2. The van der Waals surface area contributed by atoms with Crippen molar-refractivity contribution in [1.29, 1.82) is 0 Å². The maximum atomic E-state index is 12.8. The Kier molecular flexibility index (Phi) is 4.69. The molecule has 2 aliphatic rings. The highest BCUT2D eigenvalue weighted by Gasteiger charge is 2.56. The van der Waals surface area contributed by atoms with Crippen molar-refractivity contribution >= 4 is 21.6 Å². The fraction of sp³-hybridized carbons (Fsp3) is 0.368. The number of hydrogen-bond acceptors (Lipinski definition) is 4. The Morgan fingerprint density at radius 3 is 2.42 bits per heavy atom. The molecular formula is C19H21ClN2O3S. The van der Waals surface area contributed by atoms with E-state index in [0.29, 0.717) is 22.4 Å². The molecular weight excluding hydrogens is 372 g/mol. The number of nitrogens with one attached hydrogen (secondary N) is 2. The molecule has 26 heavy (non-hydrogen) atoms. The van der Waals surface area contributed by atoms with Crippen LogP contribution in [-0.4, -0.2) is 27.0 Å². The molecule has 1 aliphatic heterocycles. The molecule has 0 radical (unpaired) electrons. The summed E-state index contributed by atoms with van der Waals surface area (Å²) in [4.78, 5) is 0.262. The summed E-state index contributed by atoms with van der Waals surface area (Å²) in [6.07, 6.45) is 2.80. The molecule has 0 aromatic heterocycles. The van der Waals surface area contributed by atoms with Crippen LogP contribution in [0.15, 0.2) is 53.4 Å². The SMILES string of the molecule is O=S(=O)(NC12CCCNCC1C2)c1ccc(Oc2ccc(Cl)cc2)cc1. The Balaban J connectivity index is 1.46. The van der Waals surface area contributed by atoms with E-state index in [1.807, 2.05) is 0 Å². The molecule has 138 valence electrons. The minimum atomic E-state index is -3.54. The molecule has 2 unspecified atom stereocenters. The van der Waals surface area contributed by atoms with Gasteiger partial charge in [0.1, 0.15) is 11.5 Å². The van der Waals surface area contributed by atoms with Gasteiger partial charge in [0.05, 0.1) is 4.90 Å². The summed E-state index contributed by atoms with van der Waals surface area (Å²) in [5.41, 5.74) is -0.263. The minimum Gasteiger partial charge on any atom is -0.457 e. The van der Waals surface area contributed by atoms with E-state index in [4.69, 9.17) is 16.3 Å². The monoisotopic (exact) mass is 392 g/mol. The van der Waals surface area contributed by atoms with Gasteiger partial charge in [-0.3, -0.25) is 0 Å². The zero-order valence-corrected chi connectivity index (χ0v) is 15.8. The molecule has 2 aromatic rings. The van der Waals surface area contributed by atoms with Gasteiger partial charge in [0.2, 0.25) is 10.0 Å². The van der Waals surface area contributed by atoms with Crippen LogP contribution in [0.25, 0.3) is 0 Å². The van der Waals surface area contributed by atoms with Crippen LogP contribution in [0.4, 0.5) is 0 Å². The van der Waals surface area contributed by atoms with Gasteiger partial charge in [-0.2, -0.15) is 0 Å². The first kappa shape index (κ1) is 17.8. The second-order valence-corrected chi connectivity index (χ2v) is 9.12. The van der Waals surface area contributed by atoms with Crippen LogP contribution in [0.2, 0.25) is 5.02 Å². The van der Waals surface area contributed by atoms with Gasteiger partial charge in [-0.15, -0.1) is 0 Å². The van der Waals surface area contributed by atoms with Gasteiger partial charge in [0, 0.05) is 10.6 Å². The smallest absolute Gasteiger partial charge is 0.241 e. The molecule has 2 atom stereocenters. The Morgan fingerprint density at radius 2 is 1.73 bits per heavy atom. The van der Waals surface area contributed by atoms with Crippen LogP contribution in [0.3, 0.4) is 0 Å². The molecule has 2 aromatic carbocycles. The first-order valence-electron chi connectivity index (χ1n) is 8.75. The molecule has 1 saturated carbocycles. The standard InChI is InChI=1S/C19H21ClN2O3S/c20-15-2-4-16(5-3-15)25-17-6-8-18(9-7-17)26(23,24)22-19-10-1-11-21-13-14(19)12-19/h2-9,14,21-22H,1,10-13H2. The lowest BCUT2D eigenvalue weighted by molar-refractivity contribution is 0.481. The lowest BCUT2D eigenvalue weighted by Crippen LogP contribution is -2.38.